The lowest BCUT2D eigenvalue weighted by atomic mass is 10.1. The third kappa shape index (κ3) is 6.05. The van der Waals surface area contributed by atoms with Crippen LogP contribution in [0, 0.1) is 11.6 Å². The van der Waals surface area contributed by atoms with Crippen molar-refractivity contribution >= 4 is 0 Å². The van der Waals surface area contributed by atoms with Crippen molar-refractivity contribution in [1.29, 1.82) is 0 Å². The highest BCUT2D eigenvalue weighted by atomic mass is 19.1. The summed E-state index contributed by atoms with van der Waals surface area (Å²) in [5.74, 6) is -1.01. The van der Waals surface area contributed by atoms with Crippen molar-refractivity contribution in [1.82, 2.24) is 10.6 Å². The minimum atomic E-state index is -0.536. The molecular formula is C13H20F2N2O. The van der Waals surface area contributed by atoms with Crippen LogP contribution < -0.4 is 10.6 Å². The monoisotopic (exact) mass is 258 g/mol. The fourth-order valence-corrected chi connectivity index (χ4v) is 1.55. The molecule has 0 spiro atoms. The van der Waals surface area contributed by atoms with Gasteiger partial charge in [0.05, 0.1) is 6.61 Å². The summed E-state index contributed by atoms with van der Waals surface area (Å²) in [4.78, 5) is 0. The van der Waals surface area contributed by atoms with Crippen LogP contribution in [-0.2, 0) is 11.2 Å². The Morgan fingerprint density at radius 1 is 1.06 bits per heavy atom. The van der Waals surface area contributed by atoms with Gasteiger partial charge >= 0.3 is 0 Å². The van der Waals surface area contributed by atoms with Crippen molar-refractivity contribution in [2.75, 3.05) is 39.9 Å². The lowest BCUT2D eigenvalue weighted by molar-refractivity contribution is 0.199. The van der Waals surface area contributed by atoms with E-state index in [0.29, 0.717) is 25.1 Å². The molecule has 5 heteroatoms. The summed E-state index contributed by atoms with van der Waals surface area (Å²) in [6.45, 7) is 3.85. The Morgan fingerprint density at radius 2 is 1.78 bits per heavy atom. The molecule has 0 aromatic heterocycles. The van der Waals surface area contributed by atoms with Crippen LogP contribution in [0.5, 0.6) is 0 Å². The second-order valence-electron chi connectivity index (χ2n) is 3.98. The van der Waals surface area contributed by atoms with Gasteiger partial charge in [-0.15, -0.1) is 0 Å². The Hall–Kier alpha value is -1.04. The third-order valence-corrected chi connectivity index (χ3v) is 2.55. The first kappa shape index (κ1) is 15.0. The Morgan fingerprint density at radius 3 is 2.44 bits per heavy atom. The molecule has 0 aliphatic heterocycles. The van der Waals surface area contributed by atoms with Crippen LogP contribution in [0.3, 0.4) is 0 Å². The van der Waals surface area contributed by atoms with Gasteiger partial charge in [-0.1, -0.05) is 6.07 Å². The highest BCUT2D eigenvalue weighted by Crippen LogP contribution is 2.09. The van der Waals surface area contributed by atoms with Gasteiger partial charge in [0.1, 0.15) is 11.6 Å². The molecule has 0 aliphatic rings. The van der Waals surface area contributed by atoms with Crippen molar-refractivity contribution in [3.05, 3.63) is 35.4 Å². The zero-order valence-corrected chi connectivity index (χ0v) is 10.6. The van der Waals surface area contributed by atoms with E-state index in [2.05, 4.69) is 10.6 Å². The third-order valence-electron chi connectivity index (χ3n) is 2.55. The molecule has 0 radical (unpaired) electrons. The Labute approximate surface area is 107 Å². The van der Waals surface area contributed by atoms with Crippen LogP contribution in [-0.4, -0.2) is 39.9 Å². The molecule has 3 nitrogen and oxygen atoms in total. The molecular weight excluding hydrogens is 238 g/mol. The van der Waals surface area contributed by atoms with Crippen molar-refractivity contribution in [3.8, 4) is 0 Å². The zero-order chi connectivity index (χ0) is 13.2. The van der Waals surface area contributed by atoms with E-state index in [4.69, 9.17) is 4.74 Å². The highest BCUT2D eigenvalue weighted by Gasteiger charge is 2.02. The molecule has 0 bridgehead atoms. The smallest absolute Gasteiger partial charge is 0.129 e. The van der Waals surface area contributed by atoms with Gasteiger partial charge in [0.2, 0.25) is 0 Å². The molecule has 0 saturated carbocycles. The molecule has 1 aromatic rings. The van der Waals surface area contributed by atoms with E-state index in [-0.39, 0.29) is 0 Å². The van der Waals surface area contributed by atoms with E-state index >= 15 is 0 Å². The Bertz CT molecular complexity index is 348. The molecule has 0 saturated heterocycles. The van der Waals surface area contributed by atoms with Gasteiger partial charge in [0.25, 0.3) is 0 Å². The maximum Gasteiger partial charge on any atom is 0.129 e. The summed E-state index contributed by atoms with van der Waals surface area (Å²) in [5.41, 5.74) is 0.538. The normalized spacial score (nSPS) is 10.8. The number of halogens is 2. The van der Waals surface area contributed by atoms with Gasteiger partial charge in [-0.3, -0.25) is 0 Å². The summed E-state index contributed by atoms with van der Waals surface area (Å²) in [6.07, 6.45) is 0.560. The van der Waals surface area contributed by atoms with Gasteiger partial charge in [-0.05, 0) is 24.6 Å². The molecule has 0 unspecified atom stereocenters. The van der Waals surface area contributed by atoms with Crippen molar-refractivity contribution in [2.45, 2.75) is 6.42 Å². The van der Waals surface area contributed by atoms with E-state index in [1.165, 1.54) is 12.1 Å². The SMILES string of the molecule is COCCNCCNCCc1ccc(F)cc1F. The summed E-state index contributed by atoms with van der Waals surface area (Å²) >= 11 is 0. The predicted molar refractivity (Wildman–Crippen MR) is 67.7 cm³/mol. The number of hydrogen-bond donors (Lipinski definition) is 2. The first-order chi connectivity index (χ1) is 8.74. The zero-order valence-electron chi connectivity index (χ0n) is 10.6. The van der Waals surface area contributed by atoms with Crippen molar-refractivity contribution < 1.29 is 13.5 Å². The maximum absolute atomic E-state index is 13.3. The van der Waals surface area contributed by atoms with Gasteiger partial charge in [-0.25, -0.2) is 8.78 Å². The Balaban J connectivity index is 2.07. The van der Waals surface area contributed by atoms with E-state index < -0.39 is 11.6 Å². The maximum atomic E-state index is 13.3. The summed E-state index contributed by atoms with van der Waals surface area (Å²) in [7, 11) is 1.66. The second-order valence-corrected chi connectivity index (χ2v) is 3.98. The van der Waals surface area contributed by atoms with Crippen LogP contribution in [0.4, 0.5) is 8.78 Å². The summed E-state index contributed by atoms with van der Waals surface area (Å²) in [5, 5.41) is 6.38. The molecule has 2 N–H and O–H groups in total. The molecule has 102 valence electrons. The summed E-state index contributed by atoms with van der Waals surface area (Å²) < 4.78 is 30.8. The number of rotatable bonds is 9. The van der Waals surface area contributed by atoms with Crippen LogP contribution >= 0.6 is 0 Å². The quantitative estimate of drug-likeness (QED) is 0.656. The van der Waals surface area contributed by atoms with Crippen LogP contribution in [0.1, 0.15) is 5.56 Å². The van der Waals surface area contributed by atoms with Gasteiger partial charge in [0, 0.05) is 32.8 Å². The van der Waals surface area contributed by atoms with Crippen LogP contribution in [0.15, 0.2) is 18.2 Å². The largest absolute Gasteiger partial charge is 0.383 e. The minimum Gasteiger partial charge on any atom is -0.383 e. The molecule has 0 amide bonds. The first-order valence-corrected chi connectivity index (χ1v) is 6.08. The lowest BCUT2D eigenvalue weighted by Crippen LogP contribution is -2.30. The molecule has 18 heavy (non-hydrogen) atoms. The van der Waals surface area contributed by atoms with Gasteiger partial charge in [0.15, 0.2) is 0 Å². The molecule has 1 rings (SSSR count). The number of hydrogen-bond acceptors (Lipinski definition) is 3. The number of methoxy groups -OCH3 is 1. The van der Waals surface area contributed by atoms with E-state index in [1.807, 2.05) is 0 Å². The minimum absolute atomic E-state index is 0.477. The van der Waals surface area contributed by atoms with E-state index in [1.54, 1.807) is 7.11 Å². The van der Waals surface area contributed by atoms with E-state index in [9.17, 15) is 8.78 Å². The van der Waals surface area contributed by atoms with Gasteiger partial charge in [-0.2, -0.15) is 0 Å². The van der Waals surface area contributed by atoms with Gasteiger partial charge < -0.3 is 15.4 Å². The molecule has 1 aromatic carbocycles. The fraction of sp³-hybridized carbons (Fsp3) is 0.538. The van der Waals surface area contributed by atoms with Crippen LogP contribution in [0.2, 0.25) is 0 Å². The standard InChI is InChI=1S/C13H20F2N2O/c1-18-9-8-17-7-6-16-5-4-11-2-3-12(14)10-13(11)15/h2-3,10,16-17H,4-9H2,1H3. The number of ether oxygens (including phenoxy) is 1. The molecule has 0 atom stereocenters. The predicted octanol–water partition coefficient (Wildman–Crippen LogP) is 1.33. The number of nitrogens with one attached hydrogen (secondary N) is 2. The highest BCUT2D eigenvalue weighted by molar-refractivity contribution is 5.18. The average Bonchev–Trinajstić information content (AvgIpc) is 2.35. The second kappa shape index (κ2) is 8.97. The topological polar surface area (TPSA) is 33.3 Å². The average molecular weight is 258 g/mol. The first-order valence-electron chi connectivity index (χ1n) is 6.08. The molecule has 0 aliphatic carbocycles. The Kier molecular flexibility index (Phi) is 7.48. The van der Waals surface area contributed by atoms with Crippen molar-refractivity contribution in [3.63, 3.8) is 0 Å². The molecule has 0 heterocycles. The fourth-order valence-electron chi connectivity index (χ4n) is 1.55. The van der Waals surface area contributed by atoms with E-state index in [0.717, 1.165) is 25.7 Å². The van der Waals surface area contributed by atoms with Crippen LogP contribution in [0.25, 0.3) is 0 Å². The lowest BCUT2D eigenvalue weighted by Gasteiger charge is -2.07. The summed E-state index contributed by atoms with van der Waals surface area (Å²) in [6, 6.07) is 3.69. The molecule has 0 fully saturated rings. The van der Waals surface area contributed by atoms with Crippen molar-refractivity contribution in [2.24, 2.45) is 0 Å². The number of benzene rings is 1.